The van der Waals surface area contributed by atoms with Crippen LogP contribution < -0.4 is 10.6 Å². The van der Waals surface area contributed by atoms with Gasteiger partial charge in [0.25, 0.3) is 5.69 Å². The second-order valence-electron chi connectivity index (χ2n) is 5.34. The molecule has 0 saturated carbocycles. The minimum atomic E-state index is -0.416. The van der Waals surface area contributed by atoms with E-state index in [9.17, 15) is 14.9 Å². The van der Waals surface area contributed by atoms with Crippen molar-refractivity contribution in [2.75, 3.05) is 18.4 Å². The van der Waals surface area contributed by atoms with E-state index < -0.39 is 4.92 Å². The SMILES string of the molecule is CC(C)CCNC(=O)CCCNc1ccccc1[N+](=O)[O-]. The molecular formula is C15H23N3O3. The fourth-order valence-electron chi connectivity index (χ4n) is 1.84. The van der Waals surface area contributed by atoms with Crippen molar-refractivity contribution in [3.8, 4) is 0 Å². The lowest BCUT2D eigenvalue weighted by atomic mass is 10.1. The minimum absolute atomic E-state index is 0.0278. The summed E-state index contributed by atoms with van der Waals surface area (Å²) >= 11 is 0. The predicted octanol–water partition coefficient (Wildman–Crippen LogP) is 2.95. The average Bonchev–Trinajstić information content (AvgIpc) is 2.43. The molecule has 0 bridgehead atoms. The van der Waals surface area contributed by atoms with E-state index in [0.29, 0.717) is 37.5 Å². The van der Waals surface area contributed by atoms with E-state index in [-0.39, 0.29) is 11.6 Å². The average molecular weight is 293 g/mol. The number of nitro groups is 1. The number of hydrogen-bond donors (Lipinski definition) is 2. The molecule has 1 amide bonds. The molecular weight excluding hydrogens is 270 g/mol. The third-order valence-electron chi connectivity index (χ3n) is 3.04. The summed E-state index contributed by atoms with van der Waals surface area (Å²) < 4.78 is 0. The van der Waals surface area contributed by atoms with E-state index in [1.165, 1.54) is 6.07 Å². The Morgan fingerprint density at radius 3 is 2.67 bits per heavy atom. The third-order valence-corrected chi connectivity index (χ3v) is 3.04. The summed E-state index contributed by atoms with van der Waals surface area (Å²) in [7, 11) is 0. The van der Waals surface area contributed by atoms with Crippen molar-refractivity contribution in [1.82, 2.24) is 5.32 Å². The summed E-state index contributed by atoms with van der Waals surface area (Å²) in [6, 6.07) is 6.50. The first kappa shape index (κ1) is 16.9. The molecule has 0 aliphatic carbocycles. The Morgan fingerprint density at radius 1 is 1.29 bits per heavy atom. The van der Waals surface area contributed by atoms with Crippen LogP contribution in [0.25, 0.3) is 0 Å². The summed E-state index contributed by atoms with van der Waals surface area (Å²) in [5, 5.41) is 16.7. The Kier molecular flexibility index (Phi) is 7.21. The Balaban J connectivity index is 2.25. The van der Waals surface area contributed by atoms with Crippen LogP contribution in [0, 0.1) is 16.0 Å². The normalized spacial score (nSPS) is 10.4. The van der Waals surface area contributed by atoms with Gasteiger partial charge in [-0.05, 0) is 24.8 Å². The van der Waals surface area contributed by atoms with E-state index in [1.54, 1.807) is 18.2 Å². The zero-order valence-electron chi connectivity index (χ0n) is 12.6. The number of carbonyl (C=O) groups excluding carboxylic acids is 1. The van der Waals surface area contributed by atoms with Gasteiger partial charge in [-0.25, -0.2) is 0 Å². The first-order valence-electron chi connectivity index (χ1n) is 7.24. The van der Waals surface area contributed by atoms with Crippen LogP contribution >= 0.6 is 0 Å². The van der Waals surface area contributed by atoms with Gasteiger partial charge in [0, 0.05) is 25.6 Å². The van der Waals surface area contributed by atoms with Crippen LogP contribution in [0.1, 0.15) is 33.1 Å². The van der Waals surface area contributed by atoms with E-state index in [1.807, 2.05) is 0 Å². The van der Waals surface area contributed by atoms with Gasteiger partial charge in [0.2, 0.25) is 5.91 Å². The number of anilines is 1. The zero-order valence-corrected chi connectivity index (χ0v) is 12.6. The molecule has 0 aliphatic rings. The number of hydrogen-bond acceptors (Lipinski definition) is 4. The lowest BCUT2D eigenvalue weighted by Gasteiger charge is -2.08. The molecule has 0 aromatic heterocycles. The van der Waals surface area contributed by atoms with Gasteiger partial charge in [0.05, 0.1) is 4.92 Å². The van der Waals surface area contributed by atoms with Gasteiger partial charge >= 0.3 is 0 Å². The molecule has 0 spiro atoms. The van der Waals surface area contributed by atoms with E-state index in [4.69, 9.17) is 0 Å². The highest BCUT2D eigenvalue weighted by molar-refractivity contribution is 5.75. The maximum atomic E-state index is 11.6. The molecule has 0 saturated heterocycles. The van der Waals surface area contributed by atoms with Gasteiger partial charge in [0.15, 0.2) is 0 Å². The molecule has 1 aromatic carbocycles. The summed E-state index contributed by atoms with van der Waals surface area (Å²) in [4.78, 5) is 22.0. The second-order valence-corrected chi connectivity index (χ2v) is 5.34. The Bertz CT molecular complexity index is 475. The lowest BCUT2D eigenvalue weighted by Crippen LogP contribution is -2.25. The number of nitrogens with zero attached hydrogens (tertiary/aromatic N) is 1. The quantitative estimate of drug-likeness (QED) is 0.416. The van der Waals surface area contributed by atoms with Crippen molar-refractivity contribution >= 4 is 17.3 Å². The van der Waals surface area contributed by atoms with Gasteiger partial charge in [-0.1, -0.05) is 26.0 Å². The molecule has 0 unspecified atom stereocenters. The van der Waals surface area contributed by atoms with Crippen LogP contribution in [-0.2, 0) is 4.79 Å². The van der Waals surface area contributed by atoms with Crippen LogP contribution in [0.5, 0.6) is 0 Å². The van der Waals surface area contributed by atoms with E-state index >= 15 is 0 Å². The van der Waals surface area contributed by atoms with E-state index in [2.05, 4.69) is 24.5 Å². The van der Waals surface area contributed by atoms with Crippen molar-refractivity contribution in [3.63, 3.8) is 0 Å². The molecule has 0 heterocycles. The third kappa shape index (κ3) is 6.74. The van der Waals surface area contributed by atoms with Gasteiger partial charge in [-0.3, -0.25) is 14.9 Å². The van der Waals surface area contributed by atoms with Crippen molar-refractivity contribution in [2.45, 2.75) is 33.1 Å². The molecule has 2 N–H and O–H groups in total. The van der Waals surface area contributed by atoms with Crippen LogP contribution in [0.15, 0.2) is 24.3 Å². The Labute approximate surface area is 125 Å². The monoisotopic (exact) mass is 293 g/mol. The topological polar surface area (TPSA) is 84.3 Å². The largest absolute Gasteiger partial charge is 0.379 e. The predicted molar refractivity (Wildman–Crippen MR) is 83.3 cm³/mol. The molecule has 0 radical (unpaired) electrons. The molecule has 1 rings (SSSR count). The number of benzene rings is 1. The van der Waals surface area contributed by atoms with Crippen LogP contribution in [0.3, 0.4) is 0 Å². The number of rotatable bonds is 9. The van der Waals surface area contributed by atoms with Crippen LogP contribution in [-0.4, -0.2) is 23.9 Å². The number of para-hydroxylation sites is 2. The number of carbonyl (C=O) groups is 1. The zero-order chi connectivity index (χ0) is 15.7. The maximum Gasteiger partial charge on any atom is 0.292 e. The highest BCUT2D eigenvalue weighted by Gasteiger charge is 2.11. The standard InChI is InChI=1S/C15H23N3O3/c1-12(2)9-11-17-15(19)8-5-10-16-13-6-3-4-7-14(13)18(20)21/h3-4,6-7,12,16H,5,8-11H2,1-2H3,(H,17,19). The van der Waals surface area contributed by atoms with Gasteiger partial charge in [0.1, 0.15) is 5.69 Å². The molecule has 0 fully saturated rings. The number of amides is 1. The van der Waals surface area contributed by atoms with Gasteiger partial charge < -0.3 is 10.6 Å². The van der Waals surface area contributed by atoms with Crippen LogP contribution in [0.2, 0.25) is 0 Å². The minimum Gasteiger partial charge on any atom is -0.379 e. The maximum absolute atomic E-state index is 11.6. The van der Waals surface area contributed by atoms with Gasteiger partial charge in [-0.15, -0.1) is 0 Å². The van der Waals surface area contributed by atoms with Crippen molar-refractivity contribution in [1.29, 1.82) is 0 Å². The smallest absolute Gasteiger partial charge is 0.292 e. The Morgan fingerprint density at radius 2 is 2.00 bits per heavy atom. The highest BCUT2D eigenvalue weighted by atomic mass is 16.6. The summed E-state index contributed by atoms with van der Waals surface area (Å²) in [6.07, 6.45) is 2.03. The van der Waals surface area contributed by atoms with Crippen molar-refractivity contribution in [3.05, 3.63) is 34.4 Å². The summed E-state index contributed by atoms with van der Waals surface area (Å²) in [5.41, 5.74) is 0.543. The second kappa shape index (κ2) is 8.94. The fraction of sp³-hybridized carbons (Fsp3) is 0.533. The highest BCUT2D eigenvalue weighted by Crippen LogP contribution is 2.22. The molecule has 0 aliphatic heterocycles. The molecule has 6 heteroatoms. The van der Waals surface area contributed by atoms with Crippen molar-refractivity contribution in [2.24, 2.45) is 5.92 Å². The lowest BCUT2D eigenvalue weighted by molar-refractivity contribution is -0.384. The number of nitrogens with one attached hydrogen (secondary N) is 2. The fourth-order valence-corrected chi connectivity index (χ4v) is 1.84. The molecule has 6 nitrogen and oxygen atoms in total. The molecule has 0 atom stereocenters. The first-order chi connectivity index (χ1) is 10.0. The van der Waals surface area contributed by atoms with Crippen molar-refractivity contribution < 1.29 is 9.72 Å². The molecule has 1 aromatic rings. The first-order valence-corrected chi connectivity index (χ1v) is 7.24. The number of nitro benzene ring substituents is 1. The molecule has 116 valence electrons. The molecule has 21 heavy (non-hydrogen) atoms. The Hall–Kier alpha value is -2.11. The summed E-state index contributed by atoms with van der Waals surface area (Å²) in [5.74, 6) is 0.602. The summed E-state index contributed by atoms with van der Waals surface area (Å²) in [6.45, 7) is 5.46. The van der Waals surface area contributed by atoms with Crippen LogP contribution in [0.4, 0.5) is 11.4 Å². The van der Waals surface area contributed by atoms with E-state index in [0.717, 1.165) is 6.42 Å². The van der Waals surface area contributed by atoms with Gasteiger partial charge in [-0.2, -0.15) is 0 Å².